The van der Waals surface area contributed by atoms with Gasteiger partial charge in [-0.25, -0.2) is 17.5 Å². The van der Waals surface area contributed by atoms with Gasteiger partial charge in [-0.3, -0.25) is 4.99 Å². The molecule has 1 saturated heterocycles. The maximum atomic E-state index is 13.0. The Morgan fingerprint density at radius 1 is 1.29 bits per heavy atom. The van der Waals surface area contributed by atoms with Crippen molar-refractivity contribution >= 4 is 27.6 Å². The summed E-state index contributed by atoms with van der Waals surface area (Å²) in [6, 6.07) is 3.15. The summed E-state index contributed by atoms with van der Waals surface area (Å²) in [5.41, 5.74) is 5.96. The highest BCUT2D eigenvalue weighted by Gasteiger charge is 2.17. The summed E-state index contributed by atoms with van der Waals surface area (Å²) in [4.78, 5) is 6.09. The molecule has 1 aromatic rings. The number of nitrogens with two attached hydrogens (primary N) is 1. The lowest BCUT2D eigenvalue weighted by Gasteiger charge is -2.21. The number of hydrogen-bond acceptors (Lipinski definition) is 3. The van der Waals surface area contributed by atoms with Gasteiger partial charge in [-0.15, -0.1) is 0 Å². The van der Waals surface area contributed by atoms with E-state index in [1.54, 1.807) is 0 Å². The Morgan fingerprint density at radius 3 is 2.58 bits per heavy atom. The van der Waals surface area contributed by atoms with E-state index in [2.05, 4.69) is 9.71 Å². The first kappa shape index (κ1) is 19.0. The highest BCUT2D eigenvalue weighted by Crippen LogP contribution is 2.21. The zero-order valence-corrected chi connectivity index (χ0v) is 14.9. The minimum atomic E-state index is -3.81. The van der Waals surface area contributed by atoms with E-state index < -0.39 is 15.8 Å². The molecule has 0 bridgehead atoms. The number of nitrogens with one attached hydrogen (secondary N) is 1. The van der Waals surface area contributed by atoms with Crippen molar-refractivity contribution in [3.63, 3.8) is 0 Å². The van der Waals surface area contributed by atoms with E-state index in [0.29, 0.717) is 5.96 Å². The summed E-state index contributed by atoms with van der Waals surface area (Å²) in [5.74, 6) is -0.148. The monoisotopic (exact) mass is 376 g/mol. The van der Waals surface area contributed by atoms with Crippen LogP contribution in [0.3, 0.4) is 0 Å². The molecule has 0 saturated carbocycles. The molecule has 1 fully saturated rings. The number of hydrogen-bond donors (Lipinski definition) is 2. The molecule has 1 heterocycles. The van der Waals surface area contributed by atoms with Gasteiger partial charge in [0.25, 0.3) is 0 Å². The van der Waals surface area contributed by atoms with Gasteiger partial charge in [-0.05, 0) is 31.0 Å². The molecule has 0 atom stereocenters. The van der Waals surface area contributed by atoms with Gasteiger partial charge in [0.05, 0.1) is 11.6 Å². The standard InChI is InChI=1S/C15H22ClFN4O2S/c16-13-11-12(17)5-6-14(13)24(22,23)20-8-7-19-15(18)21-9-3-1-2-4-10-21/h5-6,11,20H,1-4,7-10H2,(H2,18,19). The number of nitrogens with zero attached hydrogens (tertiary/aromatic N) is 2. The van der Waals surface area contributed by atoms with Gasteiger partial charge in [-0.1, -0.05) is 24.4 Å². The molecule has 3 N–H and O–H groups in total. The molecule has 0 unspecified atom stereocenters. The fourth-order valence-corrected chi connectivity index (χ4v) is 4.07. The zero-order valence-electron chi connectivity index (χ0n) is 13.3. The number of aliphatic imine (C=N–C) groups is 1. The summed E-state index contributed by atoms with van der Waals surface area (Å²) >= 11 is 5.78. The van der Waals surface area contributed by atoms with E-state index in [1.807, 2.05) is 4.90 Å². The third-order valence-electron chi connectivity index (χ3n) is 3.79. The molecule has 0 aromatic heterocycles. The van der Waals surface area contributed by atoms with Gasteiger partial charge in [-0.2, -0.15) is 0 Å². The van der Waals surface area contributed by atoms with Crippen molar-refractivity contribution in [3.05, 3.63) is 29.0 Å². The van der Waals surface area contributed by atoms with Gasteiger partial charge in [0.1, 0.15) is 10.7 Å². The fourth-order valence-electron chi connectivity index (χ4n) is 2.52. The highest BCUT2D eigenvalue weighted by atomic mass is 35.5. The lowest BCUT2D eigenvalue weighted by molar-refractivity contribution is 0.428. The molecule has 9 heteroatoms. The Balaban J connectivity index is 1.89. The Kier molecular flexibility index (Phi) is 6.82. The van der Waals surface area contributed by atoms with Crippen LogP contribution in [0, 0.1) is 5.82 Å². The van der Waals surface area contributed by atoms with Crippen molar-refractivity contribution < 1.29 is 12.8 Å². The second-order valence-electron chi connectivity index (χ2n) is 5.61. The number of guanidine groups is 1. The topological polar surface area (TPSA) is 87.8 Å². The Bertz CT molecular complexity index is 689. The predicted molar refractivity (Wildman–Crippen MR) is 93.1 cm³/mol. The zero-order chi connectivity index (χ0) is 17.6. The lowest BCUT2D eigenvalue weighted by atomic mass is 10.2. The lowest BCUT2D eigenvalue weighted by Crippen LogP contribution is -2.38. The van der Waals surface area contributed by atoms with E-state index in [0.717, 1.165) is 44.1 Å². The summed E-state index contributed by atoms with van der Waals surface area (Å²) < 4.78 is 39.7. The molecule has 0 amide bonds. The highest BCUT2D eigenvalue weighted by molar-refractivity contribution is 7.89. The SMILES string of the molecule is NC(=NCCNS(=O)(=O)c1ccc(F)cc1Cl)N1CCCCCC1. The summed E-state index contributed by atoms with van der Waals surface area (Å²) in [6.45, 7) is 2.07. The first-order valence-corrected chi connectivity index (χ1v) is 9.76. The fraction of sp³-hybridized carbons (Fsp3) is 0.533. The van der Waals surface area contributed by atoms with Gasteiger partial charge < -0.3 is 10.6 Å². The van der Waals surface area contributed by atoms with E-state index in [4.69, 9.17) is 17.3 Å². The molecule has 1 aliphatic heterocycles. The van der Waals surface area contributed by atoms with Crippen molar-refractivity contribution in [2.24, 2.45) is 10.7 Å². The van der Waals surface area contributed by atoms with Crippen molar-refractivity contribution in [1.82, 2.24) is 9.62 Å². The smallest absolute Gasteiger partial charge is 0.242 e. The molecule has 1 aromatic carbocycles. The van der Waals surface area contributed by atoms with Crippen LogP contribution < -0.4 is 10.5 Å². The van der Waals surface area contributed by atoms with E-state index in [9.17, 15) is 12.8 Å². The Hall–Kier alpha value is -1.38. The second-order valence-corrected chi connectivity index (χ2v) is 7.76. The largest absolute Gasteiger partial charge is 0.370 e. The summed E-state index contributed by atoms with van der Waals surface area (Å²) in [5, 5.41) is -0.157. The molecule has 24 heavy (non-hydrogen) atoms. The van der Waals surface area contributed by atoms with Crippen LogP contribution in [0.25, 0.3) is 0 Å². The van der Waals surface area contributed by atoms with Crippen LogP contribution in [0.15, 0.2) is 28.1 Å². The van der Waals surface area contributed by atoms with E-state index >= 15 is 0 Å². The average Bonchev–Trinajstić information content (AvgIpc) is 2.80. The number of likely N-dealkylation sites (tertiary alicyclic amines) is 1. The van der Waals surface area contributed by atoms with Gasteiger partial charge in [0.2, 0.25) is 10.0 Å². The van der Waals surface area contributed by atoms with Crippen LogP contribution >= 0.6 is 11.6 Å². The number of benzene rings is 1. The third kappa shape index (κ3) is 5.32. The van der Waals surface area contributed by atoms with Gasteiger partial charge in [0, 0.05) is 19.6 Å². The van der Waals surface area contributed by atoms with Crippen molar-refractivity contribution in [3.8, 4) is 0 Å². The number of halogens is 2. The maximum Gasteiger partial charge on any atom is 0.242 e. The first-order chi connectivity index (χ1) is 11.4. The van der Waals surface area contributed by atoms with Crippen LogP contribution in [0.1, 0.15) is 25.7 Å². The summed E-state index contributed by atoms with van der Waals surface area (Å²) in [6.07, 6.45) is 4.57. The van der Waals surface area contributed by atoms with Crippen LogP contribution in [0.5, 0.6) is 0 Å². The maximum absolute atomic E-state index is 13.0. The van der Waals surface area contributed by atoms with Crippen LogP contribution in [-0.2, 0) is 10.0 Å². The number of sulfonamides is 1. The minimum absolute atomic E-state index is 0.0879. The predicted octanol–water partition coefficient (Wildman–Crippen LogP) is 1.95. The van der Waals surface area contributed by atoms with Crippen LogP contribution in [0.4, 0.5) is 4.39 Å². The third-order valence-corrected chi connectivity index (χ3v) is 5.74. The first-order valence-electron chi connectivity index (χ1n) is 7.90. The van der Waals surface area contributed by atoms with E-state index in [1.165, 1.54) is 12.8 Å². The molecule has 6 nitrogen and oxygen atoms in total. The average molecular weight is 377 g/mol. The van der Waals surface area contributed by atoms with Crippen LogP contribution in [-0.4, -0.2) is 45.5 Å². The summed E-state index contributed by atoms with van der Waals surface area (Å²) in [7, 11) is -3.81. The Morgan fingerprint density at radius 2 is 1.96 bits per heavy atom. The molecule has 1 aliphatic rings. The van der Waals surface area contributed by atoms with Gasteiger partial charge >= 0.3 is 0 Å². The van der Waals surface area contributed by atoms with Crippen molar-refractivity contribution in [1.29, 1.82) is 0 Å². The molecule has 134 valence electrons. The molecule has 0 radical (unpaired) electrons. The van der Waals surface area contributed by atoms with Crippen molar-refractivity contribution in [2.45, 2.75) is 30.6 Å². The molecular formula is C15H22ClFN4O2S. The Labute approximate surface area is 146 Å². The molecule has 2 rings (SSSR count). The van der Waals surface area contributed by atoms with Crippen LogP contribution in [0.2, 0.25) is 5.02 Å². The quantitative estimate of drug-likeness (QED) is 0.467. The normalized spacial score (nSPS) is 16.9. The molecular weight excluding hydrogens is 355 g/mol. The minimum Gasteiger partial charge on any atom is -0.370 e. The second kappa shape index (κ2) is 8.64. The number of rotatable bonds is 5. The van der Waals surface area contributed by atoms with Gasteiger partial charge in [0.15, 0.2) is 5.96 Å². The van der Waals surface area contributed by atoms with E-state index in [-0.39, 0.29) is 23.0 Å². The molecule has 0 spiro atoms. The van der Waals surface area contributed by atoms with Crippen molar-refractivity contribution in [2.75, 3.05) is 26.2 Å². The molecule has 0 aliphatic carbocycles.